The van der Waals surface area contributed by atoms with Crippen LogP contribution in [0.25, 0.3) is 0 Å². The van der Waals surface area contributed by atoms with E-state index in [0.29, 0.717) is 5.41 Å². The van der Waals surface area contributed by atoms with Gasteiger partial charge in [-0.05, 0) is 25.2 Å². The summed E-state index contributed by atoms with van der Waals surface area (Å²) < 4.78 is 2.09. The van der Waals surface area contributed by atoms with Gasteiger partial charge in [-0.25, -0.2) is 4.98 Å². The number of hydrogen-bond donors (Lipinski definition) is 1. The van der Waals surface area contributed by atoms with Gasteiger partial charge in [0.25, 0.3) is 0 Å². The van der Waals surface area contributed by atoms with Crippen LogP contribution in [0.1, 0.15) is 25.5 Å². The number of carboxylic acid groups (broad SMARTS) is 1. The number of hydrogen-bond acceptors (Lipinski definition) is 3. The second-order valence-corrected chi connectivity index (χ2v) is 5.73. The Kier molecular flexibility index (Phi) is 2.97. The van der Waals surface area contributed by atoms with Gasteiger partial charge >= 0.3 is 5.97 Å². The number of carbonyl (C=O) groups is 1. The van der Waals surface area contributed by atoms with Crippen molar-refractivity contribution in [1.82, 2.24) is 9.55 Å². The Morgan fingerprint density at radius 1 is 1.69 bits per heavy atom. The van der Waals surface area contributed by atoms with Gasteiger partial charge in [0.05, 0.1) is 11.4 Å². The average molecular weight is 240 g/mol. The van der Waals surface area contributed by atoms with Crippen molar-refractivity contribution in [2.75, 3.05) is 5.75 Å². The molecule has 4 nitrogen and oxygen atoms in total. The Morgan fingerprint density at radius 3 is 2.94 bits per heavy atom. The highest BCUT2D eigenvalue weighted by Crippen LogP contribution is 2.46. The fourth-order valence-corrected chi connectivity index (χ4v) is 2.41. The van der Waals surface area contributed by atoms with E-state index in [0.717, 1.165) is 17.4 Å². The molecule has 0 bridgehead atoms. The molecule has 0 radical (unpaired) electrons. The molecule has 0 amide bonds. The second-order valence-electron chi connectivity index (χ2n) is 4.79. The van der Waals surface area contributed by atoms with Gasteiger partial charge in [0.2, 0.25) is 0 Å². The molecule has 0 saturated heterocycles. The summed E-state index contributed by atoms with van der Waals surface area (Å²) in [6.07, 6.45) is 4.52. The molecule has 1 aliphatic rings. The van der Waals surface area contributed by atoms with Crippen LogP contribution >= 0.6 is 11.8 Å². The van der Waals surface area contributed by atoms with E-state index >= 15 is 0 Å². The van der Waals surface area contributed by atoms with Gasteiger partial charge in [-0.15, -0.1) is 0 Å². The number of carboxylic acids is 1. The second kappa shape index (κ2) is 4.13. The molecule has 0 aliphatic heterocycles. The van der Waals surface area contributed by atoms with Crippen LogP contribution in [0, 0.1) is 12.3 Å². The van der Waals surface area contributed by atoms with Gasteiger partial charge in [-0.1, -0.05) is 18.7 Å². The van der Waals surface area contributed by atoms with Crippen LogP contribution in [0.5, 0.6) is 0 Å². The van der Waals surface area contributed by atoms with Crippen LogP contribution in [0.3, 0.4) is 0 Å². The normalized spacial score (nSPS) is 17.4. The van der Waals surface area contributed by atoms with Gasteiger partial charge in [0.15, 0.2) is 5.16 Å². The topological polar surface area (TPSA) is 55.1 Å². The Hall–Kier alpha value is -0.970. The van der Waals surface area contributed by atoms with E-state index in [4.69, 9.17) is 5.11 Å². The van der Waals surface area contributed by atoms with E-state index in [1.807, 2.05) is 13.1 Å². The quantitative estimate of drug-likeness (QED) is 0.801. The molecule has 0 unspecified atom stereocenters. The van der Waals surface area contributed by atoms with E-state index in [1.54, 1.807) is 0 Å². The van der Waals surface area contributed by atoms with Crippen molar-refractivity contribution in [2.45, 2.75) is 38.4 Å². The van der Waals surface area contributed by atoms with Crippen LogP contribution in [0.15, 0.2) is 11.4 Å². The van der Waals surface area contributed by atoms with Crippen molar-refractivity contribution in [3.8, 4) is 0 Å². The van der Waals surface area contributed by atoms with E-state index in [9.17, 15) is 4.79 Å². The molecule has 1 aromatic heterocycles. The summed E-state index contributed by atoms with van der Waals surface area (Å²) in [6, 6.07) is 0. The van der Waals surface area contributed by atoms with Crippen LogP contribution < -0.4 is 0 Å². The number of aryl methyl sites for hydroxylation is 1. The third kappa shape index (κ3) is 2.78. The van der Waals surface area contributed by atoms with Crippen molar-refractivity contribution in [2.24, 2.45) is 5.41 Å². The SMILES string of the molecule is Cc1cn(CC2(C)CC2)c(SCC(=O)O)n1. The zero-order chi connectivity index (χ0) is 11.8. The number of thioether (sulfide) groups is 1. The molecule has 0 aromatic carbocycles. The minimum atomic E-state index is -0.796. The minimum absolute atomic E-state index is 0.0766. The van der Waals surface area contributed by atoms with Gasteiger partial charge in [0.1, 0.15) is 0 Å². The predicted molar refractivity (Wildman–Crippen MR) is 62.7 cm³/mol. The lowest BCUT2D eigenvalue weighted by molar-refractivity contribution is -0.133. The zero-order valence-corrected chi connectivity index (χ0v) is 10.4. The maximum atomic E-state index is 10.5. The first kappa shape index (κ1) is 11.5. The van der Waals surface area contributed by atoms with Crippen LogP contribution in [0.2, 0.25) is 0 Å². The molecule has 1 aliphatic carbocycles. The summed E-state index contributed by atoms with van der Waals surface area (Å²) in [6.45, 7) is 5.15. The summed E-state index contributed by atoms with van der Waals surface area (Å²) in [7, 11) is 0. The largest absolute Gasteiger partial charge is 0.481 e. The molecule has 1 heterocycles. The van der Waals surface area contributed by atoms with E-state index in [-0.39, 0.29) is 5.75 Å². The Labute approximate surface area is 99.1 Å². The highest BCUT2D eigenvalue weighted by Gasteiger charge is 2.38. The number of rotatable bonds is 5. The number of nitrogens with zero attached hydrogens (tertiary/aromatic N) is 2. The van der Waals surface area contributed by atoms with Crippen molar-refractivity contribution in [1.29, 1.82) is 0 Å². The molecule has 5 heteroatoms. The molecule has 88 valence electrons. The zero-order valence-electron chi connectivity index (χ0n) is 9.56. The molecule has 0 atom stereocenters. The fraction of sp³-hybridized carbons (Fsp3) is 0.636. The standard InChI is InChI=1S/C11H16N2O2S/c1-8-5-13(7-11(2)3-4-11)10(12-8)16-6-9(14)15/h5H,3-4,6-7H2,1-2H3,(H,14,15). The highest BCUT2D eigenvalue weighted by atomic mass is 32.2. The third-order valence-electron chi connectivity index (χ3n) is 2.84. The summed E-state index contributed by atoms with van der Waals surface area (Å²) in [4.78, 5) is 14.9. The van der Waals surface area contributed by atoms with Crippen molar-refractivity contribution >= 4 is 17.7 Å². The summed E-state index contributed by atoms with van der Waals surface area (Å²) in [5.74, 6) is -0.720. The molecule has 0 spiro atoms. The maximum absolute atomic E-state index is 10.5. The minimum Gasteiger partial charge on any atom is -0.481 e. The van der Waals surface area contributed by atoms with Gasteiger partial charge in [-0.2, -0.15) is 0 Å². The summed E-state index contributed by atoms with van der Waals surface area (Å²) >= 11 is 1.30. The first-order chi connectivity index (χ1) is 7.48. The lowest BCUT2D eigenvalue weighted by Crippen LogP contribution is -2.09. The first-order valence-electron chi connectivity index (χ1n) is 5.37. The number of aliphatic carboxylic acids is 1. The van der Waals surface area contributed by atoms with E-state index in [2.05, 4.69) is 16.5 Å². The molecule has 1 saturated carbocycles. The molecular formula is C11H16N2O2S. The number of imidazole rings is 1. The summed E-state index contributed by atoms with van der Waals surface area (Å²) in [5, 5.41) is 9.49. The summed E-state index contributed by atoms with van der Waals surface area (Å²) in [5.41, 5.74) is 1.36. The highest BCUT2D eigenvalue weighted by molar-refractivity contribution is 7.99. The third-order valence-corrected chi connectivity index (χ3v) is 3.82. The molecule has 1 N–H and O–H groups in total. The van der Waals surface area contributed by atoms with Crippen LogP contribution in [-0.2, 0) is 11.3 Å². The van der Waals surface area contributed by atoms with Crippen LogP contribution in [-0.4, -0.2) is 26.4 Å². The Balaban J connectivity index is 2.07. The lowest BCUT2D eigenvalue weighted by atomic mass is 10.1. The first-order valence-corrected chi connectivity index (χ1v) is 6.35. The molecular weight excluding hydrogens is 224 g/mol. The van der Waals surface area contributed by atoms with Crippen molar-refractivity contribution < 1.29 is 9.90 Å². The van der Waals surface area contributed by atoms with Crippen LogP contribution in [0.4, 0.5) is 0 Å². The smallest absolute Gasteiger partial charge is 0.313 e. The predicted octanol–water partition coefficient (Wildman–Crippen LogP) is 2.17. The van der Waals surface area contributed by atoms with Gasteiger partial charge in [0, 0.05) is 12.7 Å². The molecule has 1 aromatic rings. The molecule has 1 fully saturated rings. The molecule has 16 heavy (non-hydrogen) atoms. The number of aromatic nitrogens is 2. The Morgan fingerprint density at radius 2 is 2.38 bits per heavy atom. The fourth-order valence-electron chi connectivity index (χ4n) is 1.66. The van der Waals surface area contributed by atoms with E-state index < -0.39 is 5.97 Å². The van der Waals surface area contributed by atoms with Crippen molar-refractivity contribution in [3.63, 3.8) is 0 Å². The molecule has 2 rings (SSSR count). The Bertz CT molecular complexity index is 410. The van der Waals surface area contributed by atoms with E-state index in [1.165, 1.54) is 24.6 Å². The van der Waals surface area contributed by atoms with Gasteiger partial charge in [-0.3, -0.25) is 4.79 Å². The van der Waals surface area contributed by atoms with Crippen molar-refractivity contribution in [3.05, 3.63) is 11.9 Å². The lowest BCUT2D eigenvalue weighted by Gasteiger charge is -2.11. The maximum Gasteiger partial charge on any atom is 0.313 e. The average Bonchev–Trinajstić information content (AvgIpc) is 2.78. The van der Waals surface area contributed by atoms with Gasteiger partial charge < -0.3 is 9.67 Å². The monoisotopic (exact) mass is 240 g/mol.